The Morgan fingerprint density at radius 2 is 1.91 bits per heavy atom. The Hall–Kier alpha value is -2.53. The smallest absolute Gasteiger partial charge is 0.244 e. The largest absolute Gasteiger partial charge is 0.454 e. The van der Waals surface area contributed by atoms with Crippen molar-refractivity contribution in [1.29, 1.82) is 0 Å². The summed E-state index contributed by atoms with van der Waals surface area (Å²) in [6.07, 6.45) is 0.216. The van der Waals surface area contributed by atoms with Crippen molar-refractivity contribution in [3.63, 3.8) is 0 Å². The normalized spacial score (nSPS) is 13.0. The van der Waals surface area contributed by atoms with Gasteiger partial charge in [-0.2, -0.15) is 5.10 Å². The van der Waals surface area contributed by atoms with E-state index in [0.717, 1.165) is 11.1 Å². The summed E-state index contributed by atoms with van der Waals surface area (Å²) >= 11 is 5.85. The topological polar surface area (TPSA) is 59.9 Å². The molecule has 5 nitrogen and oxygen atoms in total. The van der Waals surface area contributed by atoms with E-state index in [1.165, 1.54) is 0 Å². The van der Waals surface area contributed by atoms with Gasteiger partial charge in [0, 0.05) is 5.02 Å². The van der Waals surface area contributed by atoms with Crippen molar-refractivity contribution in [2.75, 3.05) is 6.79 Å². The van der Waals surface area contributed by atoms with Gasteiger partial charge in [-0.3, -0.25) is 4.79 Å². The minimum Gasteiger partial charge on any atom is -0.454 e. The molecule has 0 radical (unpaired) electrons. The van der Waals surface area contributed by atoms with Crippen LogP contribution in [0.25, 0.3) is 0 Å². The van der Waals surface area contributed by atoms with Crippen LogP contribution in [0.2, 0.25) is 5.02 Å². The molecule has 0 fully saturated rings. The quantitative estimate of drug-likeness (QED) is 0.692. The minimum atomic E-state index is -0.197. The zero-order valence-electron chi connectivity index (χ0n) is 12.5. The molecule has 1 heterocycles. The molecular formula is C17H15ClN2O3. The summed E-state index contributed by atoms with van der Waals surface area (Å²) in [4.78, 5) is 12.0. The second kappa shape index (κ2) is 6.71. The number of nitrogens with one attached hydrogen (secondary N) is 1. The van der Waals surface area contributed by atoms with E-state index in [0.29, 0.717) is 22.2 Å². The van der Waals surface area contributed by atoms with Crippen molar-refractivity contribution >= 4 is 23.2 Å². The second-order valence-electron chi connectivity index (χ2n) is 5.10. The average Bonchev–Trinajstić information content (AvgIpc) is 3.01. The number of hydrogen-bond donors (Lipinski definition) is 1. The Morgan fingerprint density at radius 3 is 2.70 bits per heavy atom. The summed E-state index contributed by atoms with van der Waals surface area (Å²) in [5, 5.41) is 4.77. The van der Waals surface area contributed by atoms with E-state index in [9.17, 15) is 4.79 Å². The van der Waals surface area contributed by atoms with Crippen molar-refractivity contribution in [3.8, 4) is 11.5 Å². The van der Waals surface area contributed by atoms with Crippen LogP contribution < -0.4 is 14.9 Å². The van der Waals surface area contributed by atoms with E-state index in [2.05, 4.69) is 10.5 Å². The highest BCUT2D eigenvalue weighted by Gasteiger charge is 2.14. The van der Waals surface area contributed by atoms with Gasteiger partial charge in [0.1, 0.15) is 0 Å². The van der Waals surface area contributed by atoms with Gasteiger partial charge in [0.15, 0.2) is 11.5 Å². The molecule has 1 aliphatic rings. The third kappa shape index (κ3) is 3.81. The third-order valence-corrected chi connectivity index (χ3v) is 3.66. The number of halogens is 1. The van der Waals surface area contributed by atoms with Gasteiger partial charge in [-0.25, -0.2) is 5.43 Å². The lowest BCUT2D eigenvalue weighted by Crippen LogP contribution is -2.21. The summed E-state index contributed by atoms with van der Waals surface area (Å²) < 4.78 is 10.5. The summed E-state index contributed by atoms with van der Waals surface area (Å²) in [5.41, 5.74) is 5.00. The zero-order valence-corrected chi connectivity index (χ0v) is 13.3. The molecule has 1 aliphatic heterocycles. The fourth-order valence-corrected chi connectivity index (χ4v) is 2.30. The molecule has 0 saturated carbocycles. The molecule has 3 rings (SSSR count). The number of benzene rings is 2. The van der Waals surface area contributed by atoms with Gasteiger partial charge in [-0.15, -0.1) is 0 Å². The number of carbonyl (C=O) groups excluding carboxylic acids is 1. The van der Waals surface area contributed by atoms with Crippen LogP contribution >= 0.6 is 11.6 Å². The third-order valence-electron chi connectivity index (χ3n) is 3.41. The van der Waals surface area contributed by atoms with Gasteiger partial charge < -0.3 is 9.47 Å². The number of hydrazone groups is 1. The molecule has 0 bridgehead atoms. The fourth-order valence-electron chi connectivity index (χ4n) is 2.18. The number of carbonyl (C=O) groups is 1. The second-order valence-corrected chi connectivity index (χ2v) is 5.54. The monoisotopic (exact) mass is 330 g/mol. The maximum absolute atomic E-state index is 12.0. The summed E-state index contributed by atoms with van der Waals surface area (Å²) in [6.45, 7) is 2.04. The van der Waals surface area contributed by atoms with Gasteiger partial charge in [0.25, 0.3) is 0 Å². The SMILES string of the molecule is C/C(=N/NC(=O)Cc1ccc2c(c1)OCO2)c1ccc(Cl)cc1. The van der Waals surface area contributed by atoms with Gasteiger partial charge in [0.05, 0.1) is 12.1 Å². The maximum atomic E-state index is 12.0. The van der Waals surface area contributed by atoms with Crippen LogP contribution in [0.5, 0.6) is 11.5 Å². The highest BCUT2D eigenvalue weighted by Crippen LogP contribution is 2.32. The maximum Gasteiger partial charge on any atom is 0.244 e. The lowest BCUT2D eigenvalue weighted by molar-refractivity contribution is -0.120. The predicted molar refractivity (Wildman–Crippen MR) is 88.1 cm³/mol. The molecule has 6 heteroatoms. The lowest BCUT2D eigenvalue weighted by atomic mass is 10.1. The summed E-state index contributed by atoms with van der Waals surface area (Å²) in [7, 11) is 0. The fraction of sp³-hybridized carbons (Fsp3) is 0.176. The zero-order chi connectivity index (χ0) is 16.2. The van der Waals surface area contributed by atoms with Gasteiger partial charge >= 0.3 is 0 Å². The Labute approximate surface area is 138 Å². The Kier molecular flexibility index (Phi) is 4.48. The number of hydrogen-bond acceptors (Lipinski definition) is 4. The van der Waals surface area contributed by atoms with E-state index in [-0.39, 0.29) is 19.1 Å². The molecule has 0 spiro atoms. The van der Waals surface area contributed by atoms with Gasteiger partial charge in [-0.05, 0) is 42.3 Å². The Bertz CT molecular complexity index is 757. The van der Waals surface area contributed by atoms with Crippen LogP contribution in [0.1, 0.15) is 18.1 Å². The van der Waals surface area contributed by atoms with Crippen LogP contribution in [0, 0.1) is 0 Å². The van der Waals surface area contributed by atoms with E-state index >= 15 is 0 Å². The first-order valence-electron chi connectivity index (χ1n) is 7.09. The highest BCUT2D eigenvalue weighted by molar-refractivity contribution is 6.30. The van der Waals surface area contributed by atoms with Gasteiger partial charge in [-0.1, -0.05) is 29.8 Å². The highest BCUT2D eigenvalue weighted by atomic mass is 35.5. The molecule has 23 heavy (non-hydrogen) atoms. The molecule has 118 valence electrons. The first-order valence-corrected chi connectivity index (χ1v) is 7.47. The molecule has 0 atom stereocenters. The molecular weight excluding hydrogens is 316 g/mol. The van der Waals surface area contributed by atoms with Crippen molar-refractivity contribution in [3.05, 3.63) is 58.6 Å². The Balaban J connectivity index is 1.61. The number of amides is 1. The van der Waals surface area contributed by atoms with Crippen LogP contribution in [0.15, 0.2) is 47.6 Å². The first-order chi connectivity index (χ1) is 11.1. The van der Waals surface area contributed by atoms with Crippen LogP contribution in [0.3, 0.4) is 0 Å². The van der Waals surface area contributed by atoms with Crippen LogP contribution in [-0.4, -0.2) is 18.4 Å². The van der Waals surface area contributed by atoms with E-state index in [1.807, 2.05) is 25.1 Å². The summed E-state index contributed by atoms with van der Waals surface area (Å²) in [6, 6.07) is 12.7. The molecule has 1 N–H and O–H groups in total. The lowest BCUT2D eigenvalue weighted by Gasteiger charge is -2.04. The predicted octanol–water partition coefficient (Wildman–Crippen LogP) is 3.15. The molecule has 1 amide bonds. The molecule has 2 aromatic carbocycles. The Morgan fingerprint density at radius 1 is 1.17 bits per heavy atom. The number of rotatable bonds is 4. The minimum absolute atomic E-state index is 0.197. The first kappa shape index (κ1) is 15.4. The van der Waals surface area contributed by atoms with Crippen molar-refractivity contribution < 1.29 is 14.3 Å². The number of ether oxygens (including phenoxy) is 2. The van der Waals surface area contributed by atoms with E-state index < -0.39 is 0 Å². The number of fused-ring (bicyclic) bond motifs is 1. The molecule has 0 aliphatic carbocycles. The van der Waals surface area contributed by atoms with Crippen molar-refractivity contribution in [2.45, 2.75) is 13.3 Å². The van der Waals surface area contributed by atoms with E-state index in [1.54, 1.807) is 24.3 Å². The summed E-state index contributed by atoms with van der Waals surface area (Å²) in [5.74, 6) is 1.17. The molecule has 0 saturated heterocycles. The standard InChI is InChI=1S/C17H15ClN2O3/c1-11(13-3-5-14(18)6-4-13)19-20-17(21)9-12-2-7-15-16(8-12)23-10-22-15/h2-8H,9-10H2,1H3,(H,20,21)/b19-11-. The van der Waals surface area contributed by atoms with Gasteiger partial charge in [0.2, 0.25) is 12.7 Å². The van der Waals surface area contributed by atoms with Crippen molar-refractivity contribution in [2.24, 2.45) is 5.10 Å². The average molecular weight is 331 g/mol. The van der Waals surface area contributed by atoms with Crippen LogP contribution in [-0.2, 0) is 11.2 Å². The number of nitrogens with zero attached hydrogens (tertiary/aromatic N) is 1. The van der Waals surface area contributed by atoms with E-state index in [4.69, 9.17) is 21.1 Å². The van der Waals surface area contributed by atoms with Crippen LogP contribution in [0.4, 0.5) is 0 Å². The molecule has 0 unspecified atom stereocenters. The molecule has 2 aromatic rings. The van der Waals surface area contributed by atoms with Crippen molar-refractivity contribution in [1.82, 2.24) is 5.43 Å². The molecule has 0 aromatic heterocycles.